The average Bonchev–Trinajstić information content (AvgIpc) is 2.38. The maximum Gasteiger partial charge on any atom is 0.165 e. The summed E-state index contributed by atoms with van der Waals surface area (Å²) in [6.07, 6.45) is 11.1. The van der Waals surface area contributed by atoms with Crippen molar-refractivity contribution in [3.8, 4) is 0 Å². The highest BCUT2D eigenvalue weighted by Gasteiger charge is 2.10. The number of halogens is 1. The maximum atomic E-state index is 13.3. The average molecular weight is 251 g/mol. The molecule has 0 spiro atoms. The lowest BCUT2D eigenvalue weighted by atomic mass is 10.0. The van der Waals surface area contributed by atoms with Crippen molar-refractivity contribution in [1.82, 2.24) is 4.98 Å². The smallest absolute Gasteiger partial charge is 0.165 e. The molecule has 0 N–H and O–H groups in total. The Balaban J connectivity index is 2.16. The van der Waals surface area contributed by atoms with Gasteiger partial charge in [0.15, 0.2) is 11.6 Å². The molecule has 0 aromatic carbocycles. The van der Waals surface area contributed by atoms with Gasteiger partial charge in [-0.1, -0.05) is 45.4 Å². The molecule has 1 rings (SSSR count). The number of nitrogens with zero attached hydrogens (tertiary/aromatic N) is 1. The topological polar surface area (TPSA) is 30.0 Å². The molecule has 1 heterocycles. The summed E-state index contributed by atoms with van der Waals surface area (Å²) in [6.45, 7) is 2.20. The van der Waals surface area contributed by atoms with E-state index in [1.54, 1.807) is 0 Å². The molecule has 0 bridgehead atoms. The zero-order valence-corrected chi connectivity index (χ0v) is 11.1. The van der Waals surface area contributed by atoms with Gasteiger partial charge in [-0.15, -0.1) is 0 Å². The predicted molar refractivity (Wildman–Crippen MR) is 71.1 cm³/mol. The summed E-state index contributed by atoms with van der Waals surface area (Å²) < 4.78 is 13.3. The number of aromatic nitrogens is 1. The van der Waals surface area contributed by atoms with E-state index in [9.17, 15) is 9.18 Å². The number of Topliss-reactive ketones (excluding diaryl/α,β-unsaturated/α-hetero) is 1. The predicted octanol–water partition coefficient (Wildman–Crippen LogP) is 4.54. The van der Waals surface area contributed by atoms with E-state index in [0.717, 1.165) is 19.0 Å². The molecular weight excluding hydrogens is 229 g/mol. The number of rotatable bonds is 9. The minimum Gasteiger partial charge on any atom is -0.294 e. The molecule has 1 aromatic heterocycles. The van der Waals surface area contributed by atoms with Crippen molar-refractivity contribution in [2.75, 3.05) is 0 Å². The molecule has 3 heteroatoms. The van der Waals surface area contributed by atoms with Crippen LogP contribution >= 0.6 is 0 Å². The number of ketones is 1. The first kappa shape index (κ1) is 14.8. The zero-order valence-electron chi connectivity index (χ0n) is 11.1. The first-order chi connectivity index (χ1) is 8.75. The van der Waals surface area contributed by atoms with E-state index in [4.69, 9.17) is 0 Å². The van der Waals surface area contributed by atoms with Crippen molar-refractivity contribution in [1.29, 1.82) is 0 Å². The highest BCUT2D eigenvalue weighted by atomic mass is 19.1. The van der Waals surface area contributed by atoms with Crippen LogP contribution in [0.2, 0.25) is 0 Å². The molecule has 0 amide bonds. The second-order valence-electron chi connectivity index (χ2n) is 4.65. The second-order valence-corrected chi connectivity index (χ2v) is 4.65. The zero-order chi connectivity index (χ0) is 13.2. The van der Waals surface area contributed by atoms with Crippen molar-refractivity contribution >= 4 is 5.78 Å². The number of carbonyl (C=O) groups excluding carboxylic acids is 1. The van der Waals surface area contributed by atoms with Gasteiger partial charge in [0.25, 0.3) is 0 Å². The standard InChI is InChI=1S/C15H22FNO/c1-2-3-4-5-6-7-8-9-15(18)13-10-11-17-12-14(13)16/h10-12H,2-9H2,1H3. The summed E-state index contributed by atoms with van der Waals surface area (Å²) in [6, 6.07) is 1.46. The Morgan fingerprint density at radius 3 is 2.50 bits per heavy atom. The highest BCUT2D eigenvalue weighted by molar-refractivity contribution is 5.96. The number of pyridine rings is 1. The minimum atomic E-state index is -0.509. The van der Waals surface area contributed by atoms with Gasteiger partial charge in [0.1, 0.15) is 0 Å². The third kappa shape index (κ3) is 5.39. The second kappa shape index (κ2) is 8.78. The fourth-order valence-corrected chi connectivity index (χ4v) is 1.98. The Morgan fingerprint density at radius 1 is 1.17 bits per heavy atom. The minimum absolute atomic E-state index is 0.108. The molecule has 0 aliphatic heterocycles. The van der Waals surface area contributed by atoms with E-state index in [0.29, 0.717) is 6.42 Å². The largest absolute Gasteiger partial charge is 0.294 e. The normalized spacial score (nSPS) is 10.6. The van der Waals surface area contributed by atoms with E-state index < -0.39 is 5.82 Å². The van der Waals surface area contributed by atoms with Crippen molar-refractivity contribution in [3.63, 3.8) is 0 Å². The number of hydrogen-bond acceptors (Lipinski definition) is 2. The summed E-state index contributed by atoms with van der Waals surface area (Å²) >= 11 is 0. The Morgan fingerprint density at radius 2 is 1.83 bits per heavy atom. The highest BCUT2D eigenvalue weighted by Crippen LogP contribution is 2.12. The van der Waals surface area contributed by atoms with E-state index in [1.807, 2.05) is 0 Å². The summed E-state index contributed by atoms with van der Waals surface area (Å²) in [4.78, 5) is 15.4. The summed E-state index contributed by atoms with van der Waals surface area (Å²) in [5.41, 5.74) is 0.177. The lowest BCUT2D eigenvalue weighted by molar-refractivity contribution is 0.0975. The van der Waals surface area contributed by atoms with Gasteiger partial charge < -0.3 is 0 Å². The molecule has 100 valence electrons. The number of unbranched alkanes of at least 4 members (excludes halogenated alkanes) is 6. The molecule has 0 unspecified atom stereocenters. The van der Waals surface area contributed by atoms with Crippen molar-refractivity contribution in [2.45, 2.75) is 58.3 Å². The van der Waals surface area contributed by atoms with Crippen LogP contribution in [0.25, 0.3) is 0 Å². The lowest BCUT2D eigenvalue weighted by Gasteiger charge is -2.02. The van der Waals surface area contributed by atoms with Gasteiger partial charge in [-0.25, -0.2) is 4.39 Å². The molecule has 18 heavy (non-hydrogen) atoms. The fourth-order valence-electron chi connectivity index (χ4n) is 1.98. The lowest BCUT2D eigenvalue weighted by Crippen LogP contribution is -2.02. The molecule has 0 aliphatic rings. The van der Waals surface area contributed by atoms with Crippen LogP contribution < -0.4 is 0 Å². The van der Waals surface area contributed by atoms with Gasteiger partial charge in [0.05, 0.1) is 11.8 Å². The Hall–Kier alpha value is -1.25. The van der Waals surface area contributed by atoms with Gasteiger partial charge in [-0.3, -0.25) is 9.78 Å². The molecule has 0 atom stereocenters. The van der Waals surface area contributed by atoms with Crippen LogP contribution in [0, 0.1) is 5.82 Å². The van der Waals surface area contributed by atoms with Gasteiger partial charge in [-0.2, -0.15) is 0 Å². The number of carbonyl (C=O) groups is 1. The molecule has 0 aliphatic carbocycles. The van der Waals surface area contributed by atoms with Gasteiger partial charge in [-0.05, 0) is 12.5 Å². The number of hydrogen-bond donors (Lipinski definition) is 0. The van der Waals surface area contributed by atoms with E-state index in [-0.39, 0.29) is 11.3 Å². The van der Waals surface area contributed by atoms with Crippen molar-refractivity contribution < 1.29 is 9.18 Å². The third-order valence-corrected chi connectivity index (χ3v) is 3.08. The van der Waals surface area contributed by atoms with Crippen molar-refractivity contribution in [3.05, 3.63) is 29.8 Å². The van der Waals surface area contributed by atoms with Crippen LogP contribution in [-0.4, -0.2) is 10.8 Å². The fraction of sp³-hybridized carbons (Fsp3) is 0.600. The van der Waals surface area contributed by atoms with Crippen molar-refractivity contribution in [2.24, 2.45) is 0 Å². The van der Waals surface area contributed by atoms with Gasteiger partial charge in [0, 0.05) is 12.6 Å². The molecule has 0 saturated heterocycles. The first-order valence-corrected chi connectivity index (χ1v) is 6.88. The van der Waals surface area contributed by atoms with Crippen LogP contribution in [-0.2, 0) is 0 Å². The van der Waals surface area contributed by atoms with Crippen LogP contribution in [0.4, 0.5) is 4.39 Å². The molecule has 0 fully saturated rings. The monoisotopic (exact) mass is 251 g/mol. The van der Waals surface area contributed by atoms with Crippen LogP contribution in [0.15, 0.2) is 18.5 Å². The Kier molecular flexibility index (Phi) is 7.23. The summed E-state index contributed by atoms with van der Waals surface area (Å²) in [5, 5.41) is 0. The summed E-state index contributed by atoms with van der Waals surface area (Å²) in [7, 11) is 0. The van der Waals surface area contributed by atoms with Gasteiger partial charge >= 0.3 is 0 Å². The quantitative estimate of drug-likeness (QED) is 0.476. The van der Waals surface area contributed by atoms with E-state index in [2.05, 4.69) is 11.9 Å². The first-order valence-electron chi connectivity index (χ1n) is 6.88. The van der Waals surface area contributed by atoms with Crippen LogP contribution in [0.1, 0.15) is 68.6 Å². The summed E-state index contributed by atoms with van der Waals surface area (Å²) in [5.74, 6) is -0.617. The Bertz CT molecular complexity index is 365. The molecule has 0 radical (unpaired) electrons. The molecular formula is C15H22FNO. The van der Waals surface area contributed by atoms with Gasteiger partial charge in [0.2, 0.25) is 0 Å². The maximum absolute atomic E-state index is 13.3. The molecule has 2 nitrogen and oxygen atoms in total. The van der Waals surface area contributed by atoms with E-state index >= 15 is 0 Å². The third-order valence-electron chi connectivity index (χ3n) is 3.08. The van der Waals surface area contributed by atoms with Crippen LogP contribution in [0.5, 0.6) is 0 Å². The SMILES string of the molecule is CCCCCCCCCC(=O)c1ccncc1F. The molecule has 0 saturated carbocycles. The van der Waals surface area contributed by atoms with Crippen LogP contribution in [0.3, 0.4) is 0 Å². The Labute approximate surface area is 109 Å². The van der Waals surface area contributed by atoms with E-state index in [1.165, 1.54) is 44.4 Å². The molecule has 1 aromatic rings.